The smallest absolute Gasteiger partial charge is 0.203 e. The predicted octanol–water partition coefficient (Wildman–Crippen LogP) is 1.23. The monoisotopic (exact) mass is 312 g/mol. The number of nitrogens with zero attached hydrogens (tertiary/aromatic N) is 1. The standard InChI is InChI=1S/C15H24N2O5/c1-18-11-6-10(7-12(19-2)15(11)22-5)8-13(16)17-9-14(20-3)21-4/h6-7,14H,8-9H2,1-5H3,(H2,16,17). The van der Waals surface area contributed by atoms with Gasteiger partial charge in [0.05, 0.1) is 33.7 Å². The fraction of sp³-hybridized carbons (Fsp3) is 0.533. The maximum atomic E-state index is 5.94. The minimum atomic E-state index is -0.404. The maximum Gasteiger partial charge on any atom is 0.203 e. The lowest BCUT2D eigenvalue weighted by molar-refractivity contribution is -0.0937. The zero-order valence-corrected chi connectivity index (χ0v) is 13.7. The van der Waals surface area contributed by atoms with Gasteiger partial charge in [-0.1, -0.05) is 0 Å². The van der Waals surface area contributed by atoms with Crippen LogP contribution in [0.3, 0.4) is 0 Å². The molecule has 22 heavy (non-hydrogen) atoms. The van der Waals surface area contributed by atoms with Gasteiger partial charge in [0.25, 0.3) is 0 Å². The molecule has 0 radical (unpaired) electrons. The summed E-state index contributed by atoms with van der Waals surface area (Å²) < 4.78 is 26.0. The van der Waals surface area contributed by atoms with E-state index >= 15 is 0 Å². The highest BCUT2D eigenvalue weighted by atomic mass is 16.7. The van der Waals surface area contributed by atoms with Crippen molar-refractivity contribution in [3.63, 3.8) is 0 Å². The Morgan fingerprint density at radius 2 is 1.55 bits per heavy atom. The van der Waals surface area contributed by atoms with Gasteiger partial charge in [0.2, 0.25) is 5.75 Å². The molecule has 7 heteroatoms. The van der Waals surface area contributed by atoms with Gasteiger partial charge in [-0.3, -0.25) is 4.99 Å². The van der Waals surface area contributed by atoms with Crippen LogP contribution in [0.25, 0.3) is 0 Å². The second kappa shape index (κ2) is 9.11. The van der Waals surface area contributed by atoms with Gasteiger partial charge in [0.1, 0.15) is 0 Å². The molecule has 0 aliphatic rings. The van der Waals surface area contributed by atoms with Crippen molar-refractivity contribution >= 4 is 5.84 Å². The third-order valence-electron chi connectivity index (χ3n) is 3.08. The van der Waals surface area contributed by atoms with E-state index in [1.54, 1.807) is 35.5 Å². The molecule has 0 saturated heterocycles. The highest BCUT2D eigenvalue weighted by Gasteiger charge is 2.14. The van der Waals surface area contributed by atoms with Crippen LogP contribution in [0.2, 0.25) is 0 Å². The van der Waals surface area contributed by atoms with Crippen molar-refractivity contribution in [2.24, 2.45) is 10.7 Å². The molecule has 0 aliphatic heterocycles. The van der Waals surface area contributed by atoms with E-state index in [1.165, 1.54) is 0 Å². The first kappa shape index (κ1) is 18.1. The molecule has 0 saturated carbocycles. The summed E-state index contributed by atoms with van der Waals surface area (Å²) in [7, 11) is 7.81. The van der Waals surface area contributed by atoms with E-state index in [1.807, 2.05) is 12.1 Å². The van der Waals surface area contributed by atoms with Crippen LogP contribution >= 0.6 is 0 Å². The Morgan fingerprint density at radius 1 is 1.00 bits per heavy atom. The number of aliphatic imine (C=N–C) groups is 1. The Hall–Kier alpha value is -1.99. The number of amidine groups is 1. The summed E-state index contributed by atoms with van der Waals surface area (Å²) in [6, 6.07) is 3.68. The summed E-state index contributed by atoms with van der Waals surface area (Å²) in [6.07, 6.45) is 0.0510. The molecule has 0 amide bonds. The van der Waals surface area contributed by atoms with Crippen molar-refractivity contribution in [2.45, 2.75) is 12.7 Å². The lowest BCUT2D eigenvalue weighted by Crippen LogP contribution is -2.22. The van der Waals surface area contributed by atoms with Crippen LogP contribution in [0.4, 0.5) is 0 Å². The summed E-state index contributed by atoms with van der Waals surface area (Å²) in [5.74, 6) is 2.17. The van der Waals surface area contributed by atoms with Gasteiger partial charge in [-0.2, -0.15) is 0 Å². The molecule has 1 rings (SSSR count). The van der Waals surface area contributed by atoms with Crippen LogP contribution in [0.1, 0.15) is 5.56 Å². The second-order valence-electron chi connectivity index (χ2n) is 4.44. The molecule has 7 nitrogen and oxygen atoms in total. The first-order valence-corrected chi connectivity index (χ1v) is 6.72. The third-order valence-corrected chi connectivity index (χ3v) is 3.08. The average Bonchev–Trinajstić information content (AvgIpc) is 2.54. The number of ether oxygens (including phenoxy) is 5. The van der Waals surface area contributed by atoms with Crippen molar-refractivity contribution in [2.75, 3.05) is 42.1 Å². The van der Waals surface area contributed by atoms with E-state index in [0.717, 1.165) is 5.56 Å². The molecule has 0 aliphatic carbocycles. The summed E-state index contributed by atoms with van der Waals surface area (Å²) >= 11 is 0. The molecular formula is C15H24N2O5. The van der Waals surface area contributed by atoms with E-state index in [9.17, 15) is 0 Å². The van der Waals surface area contributed by atoms with Crippen LogP contribution in [-0.2, 0) is 15.9 Å². The molecule has 0 fully saturated rings. The Kier molecular flexibility index (Phi) is 7.48. The van der Waals surface area contributed by atoms with Gasteiger partial charge in [0, 0.05) is 20.6 Å². The van der Waals surface area contributed by atoms with Gasteiger partial charge in [-0.15, -0.1) is 0 Å². The molecule has 0 spiro atoms. The predicted molar refractivity (Wildman–Crippen MR) is 84.1 cm³/mol. The second-order valence-corrected chi connectivity index (χ2v) is 4.44. The lowest BCUT2D eigenvalue weighted by atomic mass is 10.1. The fourth-order valence-electron chi connectivity index (χ4n) is 1.94. The van der Waals surface area contributed by atoms with E-state index in [-0.39, 0.29) is 0 Å². The largest absolute Gasteiger partial charge is 0.493 e. The molecule has 2 N–H and O–H groups in total. The topological polar surface area (TPSA) is 84.5 Å². The first-order chi connectivity index (χ1) is 10.6. The molecule has 0 aromatic heterocycles. The van der Waals surface area contributed by atoms with Crippen molar-refractivity contribution in [1.82, 2.24) is 0 Å². The highest BCUT2D eigenvalue weighted by molar-refractivity contribution is 5.83. The summed E-state index contributed by atoms with van der Waals surface area (Å²) in [5, 5.41) is 0. The van der Waals surface area contributed by atoms with Crippen molar-refractivity contribution < 1.29 is 23.7 Å². The number of methoxy groups -OCH3 is 5. The maximum absolute atomic E-state index is 5.94. The van der Waals surface area contributed by atoms with E-state index in [0.29, 0.717) is 36.0 Å². The SMILES string of the molecule is COc1cc(CC(N)=NCC(OC)OC)cc(OC)c1OC. The van der Waals surface area contributed by atoms with Crippen LogP contribution in [0.5, 0.6) is 17.2 Å². The Morgan fingerprint density at radius 3 is 1.95 bits per heavy atom. The van der Waals surface area contributed by atoms with Crippen LogP contribution in [-0.4, -0.2) is 54.2 Å². The minimum Gasteiger partial charge on any atom is -0.493 e. The number of benzene rings is 1. The fourth-order valence-corrected chi connectivity index (χ4v) is 1.94. The normalized spacial score (nSPS) is 11.6. The molecule has 0 unspecified atom stereocenters. The molecule has 1 aromatic rings. The Balaban J connectivity index is 2.91. The molecule has 1 aromatic carbocycles. The Bertz CT molecular complexity index is 476. The zero-order chi connectivity index (χ0) is 16.5. The van der Waals surface area contributed by atoms with Gasteiger partial charge < -0.3 is 29.4 Å². The van der Waals surface area contributed by atoms with Gasteiger partial charge in [0.15, 0.2) is 17.8 Å². The third kappa shape index (κ3) is 4.78. The zero-order valence-electron chi connectivity index (χ0n) is 13.7. The van der Waals surface area contributed by atoms with E-state index < -0.39 is 6.29 Å². The summed E-state index contributed by atoms with van der Waals surface area (Å²) in [6.45, 7) is 0.337. The van der Waals surface area contributed by atoms with E-state index in [4.69, 9.17) is 29.4 Å². The molecule has 124 valence electrons. The van der Waals surface area contributed by atoms with Crippen molar-refractivity contribution in [3.8, 4) is 17.2 Å². The molecular weight excluding hydrogens is 288 g/mol. The number of hydrogen-bond donors (Lipinski definition) is 1. The molecule has 0 bridgehead atoms. The first-order valence-electron chi connectivity index (χ1n) is 6.72. The van der Waals surface area contributed by atoms with Crippen LogP contribution in [0, 0.1) is 0 Å². The highest BCUT2D eigenvalue weighted by Crippen LogP contribution is 2.38. The van der Waals surface area contributed by atoms with Gasteiger partial charge in [-0.05, 0) is 17.7 Å². The lowest BCUT2D eigenvalue weighted by Gasteiger charge is -2.14. The minimum absolute atomic E-state index is 0.337. The van der Waals surface area contributed by atoms with E-state index in [2.05, 4.69) is 4.99 Å². The average molecular weight is 312 g/mol. The number of nitrogens with two attached hydrogens (primary N) is 1. The van der Waals surface area contributed by atoms with Crippen molar-refractivity contribution in [3.05, 3.63) is 17.7 Å². The quantitative estimate of drug-likeness (QED) is 0.419. The van der Waals surface area contributed by atoms with Gasteiger partial charge >= 0.3 is 0 Å². The van der Waals surface area contributed by atoms with Gasteiger partial charge in [-0.25, -0.2) is 0 Å². The Labute approximate surface area is 131 Å². The number of rotatable bonds is 9. The number of hydrogen-bond acceptors (Lipinski definition) is 6. The summed E-state index contributed by atoms with van der Waals surface area (Å²) in [5.41, 5.74) is 6.85. The molecule has 0 atom stereocenters. The van der Waals surface area contributed by atoms with Crippen LogP contribution < -0.4 is 19.9 Å². The summed E-state index contributed by atoms with van der Waals surface area (Å²) in [4.78, 5) is 4.25. The molecule has 0 heterocycles. The van der Waals surface area contributed by atoms with Crippen molar-refractivity contribution in [1.29, 1.82) is 0 Å². The van der Waals surface area contributed by atoms with Crippen LogP contribution in [0.15, 0.2) is 17.1 Å².